The Balaban J connectivity index is 1.38. The van der Waals surface area contributed by atoms with Crippen LogP contribution in [0.25, 0.3) is 22.2 Å². The average Bonchev–Trinajstić information content (AvgIpc) is 3.38. The molecular weight excluding hydrogens is 472 g/mol. The third kappa shape index (κ3) is 5.08. The van der Waals surface area contributed by atoms with E-state index in [1.807, 2.05) is 53.8 Å². The van der Waals surface area contributed by atoms with Crippen LogP contribution in [-0.2, 0) is 4.79 Å². The Morgan fingerprint density at radius 1 is 1.08 bits per heavy atom. The van der Waals surface area contributed by atoms with E-state index in [9.17, 15) is 4.79 Å². The number of aromatic nitrogens is 3. The van der Waals surface area contributed by atoms with E-state index in [-0.39, 0.29) is 11.8 Å². The molecule has 2 N–H and O–H groups in total. The van der Waals surface area contributed by atoms with Gasteiger partial charge in [0.2, 0.25) is 5.91 Å². The number of hydrogen-bond acceptors (Lipinski definition) is 5. The first-order chi connectivity index (χ1) is 17.5. The zero-order valence-corrected chi connectivity index (χ0v) is 21.4. The van der Waals surface area contributed by atoms with Crippen molar-refractivity contribution in [3.63, 3.8) is 0 Å². The third-order valence-electron chi connectivity index (χ3n) is 6.74. The summed E-state index contributed by atoms with van der Waals surface area (Å²) in [6, 6.07) is 14.0. The average molecular weight is 503 g/mol. The van der Waals surface area contributed by atoms with Gasteiger partial charge in [-0.05, 0) is 29.8 Å². The summed E-state index contributed by atoms with van der Waals surface area (Å²) < 4.78 is 0. The molecule has 1 aliphatic rings. The smallest absolute Gasteiger partial charge is 0.231 e. The zero-order chi connectivity index (χ0) is 25.1. The largest absolute Gasteiger partial charge is 0.367 e. The number of pyridine rings is 2. The molecule has 0 spiro atoms. The van der Waals surface area contributed by atoms with Crippen molar-refractivity contribution < 1.29 is 4.79 Å². The van der Waals surface area contributed by atoms with E-state index in [0.717, 1.165) is 46.5 Å². The highest BCUT2D eigenvalue weighted by atomic mass is 35.5. The number of fused-ring (bicyclic) bond motifs is 1. The topological polar surface area (TPSA) is 77.2 Å². The van der Waals surface area contributed by atoms with Gasteiger partial charge in [0, 0.05) is 85.1 Å². The SMILES string of the molecule is CC(C)NCC(C(=O)N1CCN(c2c(-c3cccnc3)cnc3[nH]ccc23)CC1)c1ccc(Cl)cc1. The Kier molecular flexibility index (Phi) is 7.20. The number of carbonyl (C=O) groups excluding carboxylic acids is 1. The molecule has 0 bridgehead atoms. The molecule has 5 rings (SSSR count). The van der Waals surface area contributed by atoms with Crippen molar-refractivity contribution in [1.82, 2.24) is 25.2 Å². The quantitative estimate of drug-likeness (QED) is 0.383. The van der Waals surface area contributed by atoms with Crippen LogP contribution in [0.5, 0.6) is 0 Å². The molecule has 7 nitrogen and oxygen atoms in total. The van der Waals surface area contributed by atoms with Crippen LogP contribution in [0, 0.1) is 0 Å². The lowest BCUT2D eigenvalue weighted by molar-refractivity contribution is -0.133. The molecule has 0 saturated carbocycles. The van der Waals surface area contributed by atoms with E-state index in [1.165, 1.54) is 0 Å². The number of rotatable bonds is 7. The molecule has 3 aromatic heterocycles. The van der Waals surface area contributed by atoms with Crippen LogP contribution >= 0.6 is 11.6 Å². The number of benzene rings is 1. The van der Waals surface area contributed by atoms with Crippen LogP contribution < -0.4 is 10.2 Å². The van der Waals surface area contributed by atoms with Crippen LogP contribution in [-0.4, -0.2) is 64.5 Å². The maximum Gasteiger partial charge on any atom is 0.231 e. The molecule has 0 aliphatic carbocycles. The number of aromatic amines is 1. The summed E-state index contributed by atoms with van der Waals surface area (Å²) in [4.78, 5) is 30.2. The molecule has 4 aromatic rings. The summed E-state index contributed by atoms with van der Waals surface area (Å²) in [6.45, 7) is 7.59. The summed E-state index contributed by atoms with van der Waals surface area (Å²) >= 11 is 6.11. The minimum atomic E-state index is -0.250. The number of anilines is 1. The van der Waals surface area contributed by atoms with Crippen molar-refractivity contribution in [2.45, 2.75) is 25.8 Å². The molecule has 1 amide bonds. The van der Waals surface area contributed by atoms with Gasteiger partial charge in [0.15, 0.2) is 0 Å². The van der Waals surface area contributed by atoms with Crippen LogP contribution in [0.3, 0.4) is 0 Å². The van der Waals surface area contributed by atoms with Crippen molar-refractivity contribution in [2.75, 3.05) is 37.6 Å². The van der Waals surface area contributed by atoms with Gasteiger partial charge < -0.3 is 20.1 Å². The third-order valence-corrected chi connectivity index (χ3v) is 6.99. The van der Waals surface area contributed by atoms with Gasteiger partial charge in [-0.2, -0.15) is 0 Å². The number of nitrogens with one attached hydrogen (secondary N) is 2. The minimum absolute atomic E-state index is 0.152. The van der Waals surface area contributed by atoms with Gasteiger partial charge in [0.05, 0.1) is 11.6 Å². The summed E-state index contributed by atoms with van der Waals surface area (Å²) in [6.07, 6.45) is 7.49. The van der Waals surface area contributed by atoms with E-state index >= 15 is 0 Å². The Bertz CT molecular complexity index is 1310. The fraction of sp³-hybridized carbons (Fsp3) is 0.321. The highest BCUT2D eigenvalue weighted by molar-refractivity contribution is 6.30. The van der Waals surface area contributed by atoms with Crippen LogP contribution in [0.2, 0.25) is 5.02 Å². The number of piperazine rings is 1. The highest BCUT2D eigenvalue weighted by Crippen LogP contribution is 2.36. The van der Waals surface area contributed by atoms with Crippen LogP contribution in [0.15, 0.2) is 67.3 Å². The van der Waals surface area contributed by atoms with Crippen molar-refractivity contribution >= 4 is 34.2 Å². The number of hydrogen-bond donors (Lipinski definition) is 2. The highest BCUT2D eigenvalue weighted by Gasteiger charge is 2.30. The first-order valence-electron chi connectivity index (χ1n) is 12.4. The maximum absolute atomic E-state index is 13.7. The Morgan fingerprint density at radius 3 is 2.56 bits per heavy atom. The summed E-state index contributed by atoms with van der Waals surface area (Å²) in [5, 5.41) is 5.20. The van der Waals surface area contributed by atoms with Gasteiger partial charge >= 0.3 is 0 Å². The number of nitrogens with zero attached hydrogens (tertiary/aromatic N) is 4. The lowest BCUT2D eigenvalue weighted by Gasteiger charge is -2.38. The molecule has 8 heteroatoms. The van der Waals surface area contributed by atoms with Crippen LogP contribution in [0.4, 0.5) is 5.69 Å². The predicted molar refractivity (Wildman–Crippen MR) is 145 cm³/mol. The maximum atomic E-state index is 13.7. The zero-order valence-electron chi connectivity index (χ0n) is 20.6. The van der Waals surface area contributed by atoms with Gasteiger partial charge in [-0.15, -0.1) is 0 Å². The Morgan fingerprint density at radius 2 is 1.86 bits per heavy atom. The van der Waals surface area contributed by atoms with E-state index < -0.39 is 0 Å². The second kappa shape index (κ2) is 10.7. The van der Waals surface area contributed by atoms with Gasteiger partial charge in [-0.25, -0.2) is 4.98 Å². The molecule has 1 fully saturated rings. The van der Waals surface area contributed by atoms with E-state index in [2.05, 4.69) is 51.1 Å². The lowest BCUT2D eigenvalue weighted by Crippen LogP contribution is -2.51. The minimum Gasteiger partial charge on any atom is -0.367 e. The second-order valence-electron chi connectivity index (χ2n) is 9.48. The second-order valence-corrected chi connectivity index (χ2v) is 9.92. The number of halogens is 1. The summed E-state index contributed by atoms with van der Waals surface area (Å²) in [5.74, 6) is -0.0985. The number of H-pyrrole nitrogens is 1. The molecule has 1 atom stereocenters. The van der Waals surface area contributed by atoms with Gasteiger partial charge in [0.25, 0.3) is 0 Å². The van der Waals surface area contributed by atoms with Crippen molar-refractivity contribution in [3.05, 3.63) is 77.8 Å². The van der Waals surface area contributed by atoms with E-state index in [1.54, 1.807) is 6.20 Å². The molecule has 1 aliphatic heterocycles. The standard InChI is InChI=1S/C28H31ClN6O/c1-19(2)32-18-25(20-5-7-22(29)8-6-20)28(36)35-14-12-34(13-15-35)26-23-9-11-31-27(23)33-17-24(26)21-4-3-10-30-16-21/h3-11,16-17,19,25,32H,12-15,18H2,1-2H3,(H,31,33). The first-order valence-corrected chi connectivity index (χ1v) is 12.8. The number of amides is 1. The molecule has 1 aromatic carbocycles. The molecule has 186 valence electrons. The Hall–Kier alpha value is -3.42. The van der Waals surface area contributed by atoms with E-state index in [0.29, 0.717) is 30.7 Å². The van der Waals surface area contributed by atoms with E-state index in [4.69, 9.17) is 11.6 Å². The number of carbonyl (C=O) groups is 1. The Labute approximate surface area is 216 Å². The lowest BCUT2D eigenvalue weighted by atomic mass is 9.96. The molecule has 1 unspecified atom stereocenters. The summed E-state index contributed by atoms with van der Waals surface area (Å²) in [7, 11) is 0. The molecule has 4 heterocycles. The first kappa shape index (κ1) is 24.3. The summed E-state index contributed by atoms with van der Waals surface area (Å²) in [5.41, 5.74) is 5.07. The predicted octanol–water partition coefficient (Wildman–Crippen LogP) is 4.71. The van der Waals surface area contributed by atoms with Crippen molar-refractivity contribution in [3.8, 4) is 11.1 Å². The monoisotopic (exact) mass is 502 g/mol. The molecule has 1 saturated heterocycles. The van der Waals surface area contributed by atoms with Crippen molar-refractivity contribution in [1.29, 1.82) is 0 Å². The normalized spacial score (nSPS) is 15.0. The van der Waals surface area contributed by atoms with Gasteiger partial charge in [0.1, 0.15) is 5.65 Å². The molecule has 36 heavy (non-hydrogen) atoms. The van der Waals surface area contributed by atoms with Gasteiger partial charge in [-0.1, -0.05) is 43.6 Å². The molecule has 0 radical (unpaired) electrons. The fourth-order valence-electron chi connectivity index (χ4n) is 4.84. The molecular formula is C28H31ClN6O. The van der Waals surface area contributed by atoms with Crippen molar-refractivity contribution in [2.24, 2.45) is 0 Å². The van der Waals surface area contributed by atoms with Gasteiger partial charge in [-0.3, -0.25) is 9.78 Å². The fourth-order valence-corrected chi connectivity index (χ4v) is 4.96. The van der Waals surface area contributed by atoms with Crippen LogP contribution in [0.1, 0.15) is 25.3 Å².